The number of ether oxygens (including phenoxy) is 2. The van der Waals surface area contributed by atoms with Gasteiger partial charge in [0.1, 0.15) is 53.9 Å². The number of hydrogen-bond acceptors (Lipinski definition) is 14. The van der Waals surface area contributed by atoms with Gasteiger partial charge in [0.15, 0.2) is 0 Å². The van der Waals surface area contributed by atoms with Crippen molar-refractivity contribution in [3.8, 4) is 0 Å². The van der Waals surface area contributed by atoms with E-state index in [0.29, 0.717) is 31.6 Å². The van der Waals surface area contributed by atoms with Gasteiger partial charge in [0.25, 0.3) is 0 Å². The number of carbonyl (C=O) groups excluding carboxylic acids is 12. The molecule has 3 heterocycles. The van der Waals surface area contributed by atoms with Crippen LogP contribution in [-0.4, -0.2) is 283 Å². The minimum Gasteiger partial charge on any atom is -0.381 e. The number of nitrogens with zero attached hydrogens (tertiary/aromatic N) is 9. The number of methoxy groups -OCH3 is 1. The maximum atomic E-state index is 15.9. The first kappa shape index (κ1) is 87.3. The molecule has 13 atom stereocenters. The Labute approximate surface area is 632 Å². The third-order valence-corrected chi connectivity index (χ3v) is 24.8. The largest absolute Gasteiger partial charge is 0.394 e. The number of fused-ring (bicyclic) bond motifs is 3. The Balaban J connectivity index is 1.33. The molecule has 604 valence electrons. The van der Waals surface area contributed by atoms with Gasteiger partial charge in [-0.15, -0.1) is 0 Å². The smallest absolute Gasteiger partial charge is 0.381 e. The predicted molar refractivity (Wildman–Crippen MR) is 396 cm³/mol. The van der Waals surface area contributed by atoms with E-state index >= 15 is 28.8 Å². The van der Waals surface area contributed by atoms with E-state index in [1.54, 1.807) is 40.7 Å². The Morgan fingerprint density at radius 3 is 1.90 bits per heavy atom. The molecule has 0 aromatic rings. The fraction of sp³-hybridized carbons (Fsp3) is 0.821. The molecule has 0 aromatic carbocycles. The molecular weight excluding hydrogens is 1390 g/mol. The number of halogens is 3. The normalized spacial score (nSPS) is 31.7. The zero-order chi connectivity index (χ0) is 79.3. The number of alkyl halides is 3. The van der Waals surface area contributed by atoms with Gasteiger partial charge in [0, 0.05) is 88.6 Å². The topological polar surface area (TPSA) is 289 Å². The van der Waals surface area contributed by atoms with Gasteiger partial charge in [-0.3, -0.25) is 57.5 Å². The summed E-state index contributed by atoms with van der Waals surface area (Å²) < 4.78 is 54.6. The zero-order valence-corrected chi connectivity index (χ0v) is 66.8. The molecule has 3 N–H and O–H groups in total. The fourth-order valence-corrected chi connectivity index (χ4v) is 18.2. The Kier molecular flexibility index (Phi) is 31.1. The number of rotatable bonds is 15. The second-order valence-corrected chi connectivity index (χ2v) is 32.9. The Morgan fingerprint density at radius 1 is 0.673 bits per heavy atom. The fourth-order valence-electron chi connectivity index (χ4n) is 18.2. The van der Waals surface area contributed by atoms with Gasteiger partial charge in [-0.25, -0.2) is 0 Å². The minimum absolute atomic E-state index is 0.00527. The molecule has 107 heavy (non-hydrogen) atoms. The summed E-state index contributed by atoms with van der Waals surface area (Å²) in [5.74, 6) is -10.3. The molecule has 4 saturated carbocycles. The highest BCUT2D eigenvalue weighted by molar-refractivity contribution is 6.01. The molecule has 7 rings (SSSR count). The van der Waals surface area contributed by atoms with Gasteiger partial charge in [0.2, 0.25) is 70.9 Å². The average Bonchev–Trinajstić information content (AvgIpc) is 1.65. The summed E-state index contributed by atoms with van der Waals surface area (Å²) in [4.78, 5) is 195. The van der Waals surface area contributed by atoms with E-state index in [0.717, 1.165) is 38.5 Å². The summed E-state index contributed by atoms with van der Waals surface area (Å²) in [6.45, 7) is 16.0. The van der Waals surface area contributed by atoms with E-state index in [2.05, 4.69) is 22.9 Å². The second-order valence-electron chi connectivity index (χ2n) is 32.9. The van der Waals surface area contributed by atoms with E-state index < -0.39 is 186 Å². The van der Waals surface area contributed by atoms with Crippen LogP contribution >= 0.6 is 0 Å². The lowest BCUT2D eigenvalue weighted by Gasteiger charge is -2.54. The van der Waals surface area contributed by atoms with Crippen molar-refractivity contribution in [2.75, 3.05) is 95.3 Å². The first-order valence-corrected chi connectivity index (χ1v) is 39.6. The number of carbonyl (C=O) groups is 12. The standard InChI is InChI=1S/C78H127F3N12O14/c1-17-49(7)65-73(103)86(11)45-64(96)88(13)57-29-23-22-26-38-92(72(57)102)60(39-50-32-30-48(6)31-33-50)70(100)85(10)44-62(94)82-55(37-35-51-34-36-54(78(79,80)81)61(40-51)106-16)69(99)93-43-53(107-21-5)41-58(93)68(98)84-77(46-76(8,9)47-77)75(105)90(15)66(52-27-24-25-28-52)74(104)89(14)59(71(101)91(19-3)20-4)42-63(95)87(12)56(18-2)67(97)83-65/h22-23,48-61,65-66H,17-21,24-47H2,1-16H3,(H,82,94)(H,83,97)(H,84,98)/b23-22-/t48?,49-,50?,51?,53+,54?,55-,56-,57-,58-,59-,60-,61?,65-,66-/m0/s1. The lowest BCUT2D eigenvalue weighted by atomic mass is 9.58. The van der Waals surface area contributed by atoms with Crippen molar-refractivity contribution >= 4 is 70.9 Å². The quantitative estimate of drug-likeness (QED) is 0.151. The molecule has 0 aromatic heterocycles. The van der Waals surface area contributed by atoms with Crippen LogP contribution in [0.5, 0.6) is 0 Å². The van der Waals surface area contributed by atoms with Crippen LogP contribution in [0.3, 0.4) is 0 Å². The van der Waals surface area contributed by atoms with E-state index in [9.17, 15) is 41.9 Å². The molecule has 3 unspecified atom stereocenters. The molecular formula is C78H127F3N12O14. The summed E-state index contributed by atoms with van der Waals surface area (Å²) in [7, 11) is 9.86. The van der Waals surface area contributed by atoms with E-state index in [4.69, 9.17) is 9.47 Å². The predicted octanol–water partition coefficient (Wildman–Crippen LogP) is 6.32. The third kappa shape index (κ3) is 21.2. The van der Waals surface area contributed by atoms with Gasteiger partial charge >= 0.3 is 6.18 Å². The summed E-state index contributed by atoms with van der Waals surface area (Å²) >= 11 is 0. The summed E-state index contributed by atoms with van der Waals surface area (Å²) in [6, 6.07) is -10.1. The summed E-state index contributed by atoms with van der Waals surface area (Å²) in [6.07, 6.45) is 3.72. The van der Waals surface area contributed by atoms with Crippen LogP contribution in [0.4, 0.5) is 13.2 Å². The maximum absolute atomic E-state index is 15.9. The second kappa shape index (κ2) is 38.1. The molecule has 1 spiro atoms. The van der Waals surface area contributed by atoms with Crippen molar-refractivity contribution < 1.29 is 80.2 Å². The highest BCUT2D eigenvalue weighted by atomic mass is 19.4. The maximum Gasteiger partial charge on any atom is 0.394 e. The molecule has 6 fully saturated rings. The van der Waals surface area contributed by atoms with Gasteiger partial charge in [-0.1, -0.05) is 98.6 Å². The molecule has 7 aliphatic rings. The van der Waals surface area contributed by atoms with Crippen molar-refractivity contribution in [3.63, 3.8) is 0 Å². The van der Waals surface area contributed by atoms with Gasteiger partial charge in [-0.2, -0.15) is 13.2 Å². The van der Waals surface area contributed by atoms with E-state index in [1.165, 1.54) is 93.5 Å². The highest BCUT2D eigenvalue weighted by Gasteiger charge is 2.60. The summed E-state index contributed by atoms with van der Waals surface area (Å²) in [5.41, 5.74) is -2.17. The third-order valence-electron chi connectivity index (χ3n) is 24.8. The molecule has 26 nitrogen and oxygen atoms in total. The first-order valence-electron chi connectivity index (χ1n) is 39.6. The van der Waals surface area contributed by atoms with Crippen molar-refractivity contribution in [2.45, 2.75) is 276 Å². The van der Waals surface area contributed by atoms with Crippen molar-refractivity contribution in [1.29, 1.82) is 0 Å². The van der Waals surface area contributed by atoms with E-state index in [1.807, 2.05) is 26.8 Å². The lowest BCUT2D eigenvalue weighted by Crippen LogP contribution is -2.71. The SMILES string of the molecule is CCO[C@@H]1C[C@H]2C(=O)NC3(CC(C)(C)C3)C(=O)N(C)[C@@H](C3CCCC3)C(=O)N(C)[C@H](C(=O)N(CC)CC)CC(=O)N(C)[C@@H](CC)C(=O)N[C@@H]([C@@H](C)CC)C(=O)N(C)CC(=O)N(C)[C@H]3C/C=C\CCN(C3=O)[C@@H](CC3CCC(C)CC3)C(=O)N(C)CC(=O)N[C@@H](CCC3CCC(C(F)(F)F)C(OC)C3)C(=O)N2C1. The Hall–Kier alpha value is -6.91. The zero-order valence-electron chi connectivity index (χ0n) is 66.8. The lowest BCUT2D eigenvalue weighted by molar-refractivity contribution is -0.215. The number of nitrogens with one attached hydrogen (secondary N) is 3. The Bertz CT molecular complexity index is 3170. The van der Waals surface area contributed by atoms with Crippen molar-refractivity contribution in [3.05, 3.63) is 12.2 Å². The van der Waals surface area contributed by atoms with Gasteiger partial charge in [-0.05, 0) is 139 Å². The Morgan fingerprint density at radius 2 is 1.31 bits per heavy atom. The molecule has 2 bridgehead atoms. The van der Waals surface area contributed by atoms with Crippen LogP contribution in [-0.2, 0) is 67.0 Å². The number of hydrogen-bond donors (Lipinski definition) is 3. The molecule has 3 aliphatic heterocycles. The van der Waals surface area contributed by atoms with Crippen LogP contribution in [0, 0.1) is 40.9 Å². The van der Waals surface area contributed by atoms with Crippen LogP contribution in [0.2, 0.25) is 0 Å². The van der Waals surface area contributed by atoms with Gasteiger partial charge in [0.05, 0.1) is 37.6 Å². The molecule has 12 amide bonds. The highest BCUT2D eigenvalue weighted by Crippen LogP contribution is 2.50. The number of likely N-dealkylation sites (N-methyl/N-ethyl adjacent to an activating group) is 7. The average molecular weight is 1510 g/mol. The van der Waals surface area contributed by atoms with Crippen molar-refractivity contribution in [2.24, 2.45) is 40.9 Å². The summed E-state index contributed by atoms with van der Waals surface area (Å²) in [5, 5.41) is 8.88. The molecule has 2 saturated heterocycles. The van der Waals surface area contributed by atoms with Crippen LogP contribution in [0.25, 0.3) is 0 Å². The molecule has 4 aliphatic carbocycles. The van der Waals surface area contributed by atoms with Crippen LogP contribution < -0.4 is 16.0 Å². The van der Waals surface area contributed by atoms with Crippen molar-refractivity contribution in [1.82, 2.24) is 60.0 Å². The minimum atomic E-state index is -4.52. The van der Waals surface area contributed by atoms with Gasteiger partial charge < -0.3 is 69.5 Å². The molecule has 0 radical (unpaired) electrons. The number of amides is 12. The molecule has 29 heteroatoms. The first-order chi connectivity index (χ1) is 50.4. The monoisotopic (exact) mass is 1510 g/mol. The van der Waals surface area contributed by atoms with Crippen LogP contribution in [0.15, 0.2) is 12.2 Å². The van der Waals surface area contributed by atoms with E-state index in [-0.39, 0.29) is 115 Å². The van der Waals surface area contributed by atoms with Crippen LogP contribution in [0.1, 0.15) is 204 Å².